The van der Waals surface area contributed by atoms with E-state index < -0.39 is 11.9 Å². The van der Waals surface area contributed by atoms with E-state index in [1.165, 1.54) is 6.20 Å². The molecule has 0 bridgehead atoms. The predicted octanol–water partition coefficient (Wildman–Crippen LogP) is 1.19. The molecule has 0 fully saturated rings. The third kappa shape index (κ3) is 4.38. The van der Waals surface area contributed by atoms with Gasteiger partial charge in [0.05, 0.1) is 18.3 Å². The number of nitrogens with one attached hydrogen (secondary N) is 1. The molecule has 10 heteroatoms. The van der Waals surface area contributed by atoms with Crippen LogP contribution in [0.25, 0.3) is 23.0 Å². The van der Waals surface area contributed by atoms with Crippen molar-refractivity contribution in [1.29, 1.82) is 0 Å². The average molecular weight is 351 g/mol. The van der Waals surface area contributed by atoms with Crippen LogP contribution in [0.3, 0.4) is 0 Å². The normalized spacial score (nSPS) is 10.3. The van der Waals surface area contributed by atoms with Gasteiger partial charge in [0.2, 0.25) is 17.6 Å². The van der Waals surface area contributed by atoms with Crippen LogP contribution in [-0.2, 0) is 9.59 Å². The van der Waals surface area contributed by atoms with Gasteiger partial charge in [0.1, 0.15) is 11.4 Å². The molecule has 3 heterocycles. The van der Waals surface area contributed by atoms with Crippen LogP contribution in [0.4, 0.5) is 5.69 Å². The summed E-state index contributed by atoms with van der Waals surface area (Å²) in [6.07, 6.45) is 2.70. The highest BCUT2D eigenvalue weighted by atomic mass is 16.4. The number of nitrogens with zero attached hydrogens (tertiary/aromatic N) is 6. The van der Waals surface area contributed by atoms with Crippen LogP contribution >= 0.6 is 0 Å². The molecule has 0 saturated heterocycles. The molecule has 0 atom stereocenters. The summed E-state index contributed by atoms with van der Waals surface area (Å²) in [5.74, 6) is -0.897. The topological polar surface area (TPSA) is 144 Å². The Morgan fingerprint density at radius 2 is 1.58 bits per heavy atom. The molecule has 130 valence electrons. The number of anilines is 1. The average Bonchev–Trinajstić information content (AvgIpc) is 2.68. The first-order valence-corrected chi connectivity index (χ1v) is 7.59. The molecule has 0 aliphatic rings. The lowest BCUT2D eigenvalue weighted by molar-refractivity contribution is -0.138. The number of amides is 1. The Balaban J connectivity index is 1.67. The fourth-order valence-corrected chi connectivity index (χ4v) is 1.97. The molecule has 0 unspecified atom stereocenters. The molecule has 3 aromatic heterocycles. The van der Waals surface area contributed by atoms with Gasteiger partial charge in [-0.3, -0.25) is 19.6 Å². The fraction of sp³-hybridized carbons (Fsp3) is 0.125. The molecule has 26 heavy (non-hydrogen) atoms. The van der Waals surface area contributed by atoms with E-state index in [4.69, 9.17) is 5.11 Å². The molecule has 0 aliphatic heterocycles. The van der Waals surface area contributed by atoms with Gasteiger partial charge in [-0.1, -0.05) is 6.07 Å². The summed E-state index contributed by atoms with van der Waals surface area (Å²) >= 11 is 0. The molecule has 2 N–H and O–H groups in total. The zero-order valence-corrected chi connectivity index (χ0v) is 13.4. The molecule has 0 spiro atoms. The molecule has 1 amide bonds. The van der Waals surface area contributed by atoms with Crippen molar-refractivity contribution in [2.24, 2.45) is 0 Å². The SMILES string of the molecule is O=C(O)CCC(=O)Nc1ccc(-c2nnc(-c3ccccn3)nn2)nc1. The smallest absolute Gasteiger partial charge is 0.303 e. The van der Waals surface area contributed by atoms with E-state index in [2.05, 4.69) is 35.7 Å². The van der Waals surface area contributed by atoms with Crippen LogP contribution in [0.15, 0.2) is 42.7 Å². The lowest BCUT2D eigenvalue weighted by atomic mass is 10.3. The van der Waals surface area contributed by atoms with E-state index in [0.717, 1.165) is 0 Å². The third-order valence-electron chi connectivity index (χ3n) is 3.22. The summed E-state index contributed by atoms with van der Waals surface area (Å²) in [7, 11) is 0. The molecular weight excluding hydrogens is 338 g/mol. The van der Waals surface area contributed by atoms with Crippen LogP contribution in [0.2, 0.25) is 0 Å². The van der Waals surface area contributed by atoms with E-state index in [-0.39, 0.29) is 18.7 Å². The number of rotatable bonds is 6. The highest BCUT2D eigenvalue weighted by molar-refractivity contribution is 5.92. The first-order chi connectivity index (χ1) is 12.6. The van der Waals surface area contributed by atoms with Crippen molar-refractivity contribution in [3.63, 3.8) is 0 Å². The molecule has 0 aliphatic carbocycles. The number of hydrogen-bond acceptors (Lipinski definition) is 8. The first kappa shape index (κ1) is 17.0. The number of aliphatic carboxylic acids is 1. The monoisotopic (exact) mass is 351 g/mol. The van der Waals surface area contributed by atoms with Gasteiger partial charge in [0.15, 0.2) is 0 Å². The number of carboxylic acid groups (broad SMARTS) is 1. The second-order valence-electron chi connectivity index (χ2n) is 5.14. The molecule has 3 aromatic rings. The van der Waals surface area contributed by atoms with Gasteiger partial charge in [-0.2, -0.15) is 0 Å². The zero-order chi connectivity index (χ0) is 18.4. The Bertz CT molecular complexity index is 899. The second-order valence-corrected chi connectivity index (χ2v) is 5.14. The van der Waals surface area contributed by atoms with Crippen molar-refractivity contribution < 1.29 is 14.7 Å². The van der Waals surface area contributed by atoms with Crippen LogP contribution < -0.4 is 5.32 Å². The van der Waals surface area contributed by atoms with Crippen LogP contribution in [0, 0.1) is 0 Å². The minimum Gasteiger partial charge on any atom is -0.481 e. The standard InChI is InChI=1S/C16H13N7O3/c24-13(6-7-14(25)26)19-10-4-5-12(18-9-10)16-22-20-15(21-23-16)11-3-1-2-8-17-11/h1-5,8-9H,6-7H2,(H,19,24)(H,25,26). The van der Waals surface area contributed by atoms with E-state index in [1.807, 2.05) is 6.07 Å². The number of carbonyl (C=O) groups is 2. The van der Waals surface area contributed by atoms with Crippen molar-refractivity contribution in [3.05, 3.63) is 42.7 Å². The maximum absolute atomic E-state index is 11.6. The van der Waals surface area contributed by atoms with Gasteiger partial charge >= 0.3 is 5.97 Å². The van der Waals surface area contributed by atoms with Crippen LogP contribution in [0.1, 0.15) is 12.8 Å². The minimum atomic E-state index is -1.03. The lowest BCUT2D eigenvalue weighted by Gasteiger charge is -2.04. The maximum Gasteiger partial charge on any atom is 0.303 e. The van der Waals surface area contributed by atoms with Crippen molar-refractivity contribution >= 4 is 17.6 Å². The summed E-state index contributed by atoms with van der Waals surface area (Å²) in [6, 6.07) is 8.55. The molecule has 0 saturated carbocycles. The Kier molecular flexibility index (Phi) is 5.13. The van der Waals surface area contributed by atoms with Gasteiger partial charge in [-0.15, -0.1) is 20.4 Å². The van der Waals surface area contributed by atoms with E-state index in [9.17, 15) is 9.59 Å². The van der Waals surface area contributed by atoms with Crippen LogP contribution in [0.5, 0.6) is 0 Å². The van der Waals surface area contributed by atoms with Crippen molar-refractivity contribution in [2.75, 3.05) is 5.32 Å². The van der Waals surface area contributed by atoms with Crippen LogP contribution in [-0.4, -0.2) is 47.3 Å². The summed E-state index contributed by atoms with van der Waals surface area (Å²) in [4.78, 5) is 30.3. The maximum atomic E-state index is 11.6. The van der Waals surface area contributed by atoms with Gasteiger partial charge in [0, 0.05) is 12.6 Å². The predicted molar refractivity (Wildman–Crippen MR) is 89.6 cm³/mol. The minimum absolute atomic E-state index is 0.108. The lowest BCUT2D eigenvalue weighted by Crippen LogP contribution is -2.13. The summed E-state index contributed by atoms with van der Waals surface area (Å²) < 4.78 is 0. The quantitative estimate of drug-likeness (QED) is 0.669. The molecule has 0 aromatic carbocycles. The second kappa shape index (κ2) is 7.83. The summed E-state index contributed by atoms with van der Waals surface area (Å²) in [5.41, 5.74) is 1.43. The number of hydrogen-bond donors (Lipinski definition) is 2. The Morgan fingerprint density at radius 3 is 2.12 bits per heavy atom. The van der Waals surface area contributed by atoms with Gasteiger partial charge < -0.3 is 10.4 Å². The summed E-state index contributed by atoms with van der Waals surface area (Å²) in [5, 5.41) is 27.1. The Morgan fingerprint density at radius 1 is 0.885 bits per heavy atom. The summed E-state index contributed by atoms with van der Waals surface area (Å²) in [6.45, 7) is 0. The molecule has 10 nitrogen and oxygen atoms in total. The number of carboxylic acids is 1. The van der Waals surface area contributed by atoms with E-state index in [1.54, 1.807) is 30.5 Å². The van der Waals surface area contributed by atoms with Crippen molar-refractivity contribution in [3.8, 4) is 23.0 Å². The highest BCUT2D eigenvalue weighted by Crippen LogP contribution is 2.15. The molecule has 0 radical (unpaired) electrons. The Labute approximate surface area is 147 Å². The zero-order valence-electron chi connectivity index (χ0n) is 13.4. The van der Waals surface area contributed by atoms with E-state index >= 15 is 0 Å². The van der Waals surface area contributed by atoms with Gasteiger partial charge in [-0.25, -0.2) is 0 Å². The third-order valence-corrected chi connectivity index (χ3v) is 3.22. The first-order valence-electron chi connectivity index (χ1n) is 7.59. The van der Waals surface area contributed by atoms with E-state index in [0.29, 0.717) is 22.9 Å². The van der Waals surface area contributed by atoms with Crippen molar-refractivity contribution in [2.45, 2.75) is 12.8 Å². The Hall–Kier alpha value is -3.82. The number of carbonyl (C=O) groups excluding carboxylic acids is 1. The number of aromatic nitrogens is 6. The largest absolute Gasteiger partial charge is 0.481 e. The molecular formula is C16H13N7O3. The van der Waals surface area contributed by atoms with Crippen molar-refractivity contribution in [1.82, 2.24) is 30.4 Å². The fourth-order valence-electron chi connectivity index (χ4n) is 1.97. The number of pyridine rings is 2. The molecule has 3 rings (SSSR count). The van der Waals surface area contributed by atoms with Gasteiger partial charge in [0.25, 0.3) is 0 Å². The highest BCUT2D eigenvalue weighted by Gasteiger charge is 2.09. The van der Waals surface area contributed by atoms with Gasteiger partial charge in [-0.05, 0) is 24.3 Å².